The summed E-state index contributed by atoms with van der Waals surface area (Å²) in [6, 6.07) is 18.0. The molecular formula is C23H18FNO2. The molecule has 0 aliphatic rings. The molecular weight excluding hydrogens is 341 g/mol. The highest BCUT2D eigenvalue weighted by Crippen LogP contribution is 2.28. The number of hydrogen-bond donors (Lipinski definition) is 0. The fourth-order valence-electron chi connectivity index (χ4n) is 3.48. The van der Waals surface area contributed by atoms with Crippen LogP contribution >= 0.6 is 0 Å². The lowest BCUT2D eigenvalue weighted by atomic mass is 10.0. The predicted octanol–water partition coefficient (Wildman–Crippen LogP) is 5.16. The van der Waals surface area contributed by atoms with Gasteiger partial charge in [0.15, 0.2) is 17.0 Å². The number of fused-ring (bicyclic) bond motifs is 2. The molecule has 0 aliphatic heterocycles. The summed E-state index contributed by atoms with van der Waals surface area (Å²) in [6.07, 6.45) is 1.81. The molecule has 27 heavy (non-hydrogen) atoms. The molecule has 1 heterocycles. The van der Waals surface area contributed by atoms with Crippen LogP contribution in [0.1, 0.15) is 0 Å². The fraction of sp³-hybridized carbons (Fsp3) is 0.0870. The molecule has 4 heteroatoms. The standard InChI is InChI=1S/C23H18FNO2/c1-3-12-25-20-7-5-4-6-17(20)23(26)18-13-15(8-10-21(18)25)16-9-11-22(27-2)19(24)14-16/h3-11,13-14H,1,12H2,2H3. The van der Waals surface area contributed by atoms with E-state index in [4.69, 9.17) is 4.74 Å². The van der Waals surface area contributed by atoms with Gasteiger partial charge in [0, 0.05) is 17.3 Å². The summed E-state index contributed by atoms with van der Waals surface area (Å²) in [7, 11) is 1.43. The molecule has 0 N–H and O–H groups in total. The van der Waals surface area contributed by atoms with E-state index in [0.29, 0.717) is 22.9 Å². The number of halogens is 1. The molecule has 0 atom stereocenters. The molecule has 0 bridgehead atoms. The van der Waals surface area contributed by atoms with E-state index in [0.717, 1.165) is 16.6 Å². The second kappa shape index (κ2) is 6.72. The van der Waals surface area contributed by atoms with Gasteiger partial charge in [0.2, 0.25) is 0 Å². The Hall–Kier alpha value is -3.40. The maximum absolute atomic E-state index is 14.1. The van der Waals surface area contributed by atoms with Gasteiger partial charge in [-0.15, -0.1) is 6.58 Å². The Balaban J connectivity index is 2.01. The fourth-order valence-corrected chi connectivity index (χ4v) is 3.48. The van der Waals surface area contributed by atoms with Crippen molar-refractivity contribution >= 4 is 21.8 Å². The van der Waals surface area contributed by atoms with E-state index in [9.17, 15) is 9.18 Å². The first-order valence-electron chi connectivity index (χ1n) is 8.64. The van der Waals surface area contributed by atoms with Gasteiger partial charge in [-0.1, -0.05) is 30.3 Å². The lowest BCUT2D eigenvalue weighted by molar-refractivity contribution is 0.386. The van der Waals surface area contributed by atoms with E-state index in [1.165, 1.54) is 13.2 Å². The number of aromatic nitrogens is 1. The summed E-state index contributed by atoms with van der Waals surface area (Å²) in [5.41, 5.74) is 3.14. The van der Waals surface area contributed by atoms with Gasteiger partial charge < -0.3 is 9.30 Å². The zero-order valence-electron chi connectivity index (χ0n) is 14.9. The number of methoxy groups -OCH3 is 1. The van der Waals surface area contributed by atoms with E-state index >= 15 is 0 Å². The smallest absolute Gasteiger partial charge is 0.197 e. The molecule has 4 rings (SSSR count). The minimum atomic E-state index is -0.433. The van der Waals surface area contributed by atoms with Crippen molar-refractivity contribution in [1.29, 1.82) is 0 Å². The number of nitrogens with zero attached hydrogens (tertiary/aromatic N) is 1. The number of benzene rings is 3. The summed E-state index contributed by atoms with van der Waals surface area (Å²) in [6.45, 7) is 4.42. The predicted molar refractivity (Wildman–Crippen MR) is 108 cm³/mol. The Morgan fingerprint density at radius 1 is 1.00 bits per heavy atom. The quantitative estimate of drug-likeness (QED) is 0.372. The van der Waals surface area contributed by atoms with E-state index in [-0.39, 0.29) is 11.2 Å². The summed E-state index contributed by atoms with van der Waals surface area (Å²) >= 11 is 0. The summed E-state index contributed by atoms with van der Waals surface area (Å²) in [5.74, 6) is -0.239. The minimum Gasteiger partial charge on any atom is -0.494 e. The third-order valence-corrected chi connectivity index (χ3v) is 4.77. The van der Waals surface area contributed by atoms with Crippen molar-refractivity contribution in [2.45, 2.75) is 6.54 Å². The molecule has 0 fully saturated rings. The van der Waals surface area contributed by atoms with Crippen LogP contribution in [0.5, 0.6) is 5.75 Å². The third-order valence-electron chi connectivity index (χ3n) is 4.77. The van der Waals surface area contributed by atoms with Gasteiger partial charge in [-0.25, -0.2) is 4.39 Å². The number of allylic oxidation sites excluding steroid dienone is 1. The monoisotopic (exact) mass is 359 g/mol. The van der Waals surface area contributed by atoms with Gasteiger partial charge >= 0.3 is 0 Å². The number of para-hydroxylation sites is 1. The lowest BCUT2D eigenvalue weighted by Gasteiger charge is -2.14. The third kappa shape index (κ3) is 2.79. The van der Waals surface area contributed by atoms with Crippen LogP contribution in [0.15, 0.2) is 78.1 Å². The second-order valence-electron chi connectivity index (χ2n) is 6.33. The average Bonchev–Trinajstić information content (AvgIpc) is 2.70. The van der Waals surface area contributed by atoms with Crippen molar-refractivity contribution in [3.05, 3.63) is 89.4 Å². The van der Waals surface area contributed by atoms with Crippen LogP contribution in [0.4, 0.5) is 4.39 Å². The Morgan fingerprint density at radius 2 is 1.70 bits per heavy atom. The Kier molecular flexibility index (Phi) is 4.24. The zero-order chi connectivity index (χ0) is 19.0. The molecule has 3 aromatic carbocycles. The molecule has 0 radical (unpaired) electrons. The number of rotatable bonds is 4. The molecule has 0 saturated heterocycles. The largest absolute Gasteiger partial charge is 0.494 e. The lowest BCUT2D eigenvalue weighted by Crippen LogP contribution is -2.11. The van der Waals surface area contributed by atoms with Crippen LogP contribution in [0.2, 0.25) is 0 Å². The van der Waals surface area contributed by atoms with Crippen molar-refractivity contribution in [3.63, 3.8) is 0 Å². The highest BCUT2D eigenvalue weighted by atomic mass is 19.1. The van der Waals surface area contributed by atoms with E-state index in [2.05, 4.69) is 11.1 Å². The van der Waals surface area contributed by atoms with Crippen LogP contribution < -0.4 is 10.2 Å². The summed E-state index contributed by atoms with van der Waals surface area (Å²) in [5, 5.41) is 1.26. The number of hydrogen-bond acceptors (Lipinski definition) is 2. The van der Waals surface area contributed by atoms with Crippen molar-refractivity contribution in [1.82, 2.24) is 4.57 Å². The highest BCUT2D eigenvalue weighted by Gasteiger charge is 2.12. The SMILES string of the molecule is C=CCn1c2ccccc2c(=O)c2cc(-c3ccc(OC)c(F)c3)ccc21. The Bertz CT molecular complexity index is 1240. The Morgan fingerprint density at radius 3 is 2.44 bits per heavy atom. The van der Waals surface area contributed by atoms with Gasteiger partial charge in [-0.05, 0) is 47.5 Å². The first kappa shape index (κ1) is 17.0. The van der Waals surface area contributed by atoms with Crippen molar-refractivity contribution in [3.8, 4) is 16.9 Å². The molecule has 0 unspecified atom stereocenters. The molecule has 0 aliphatic carbocycles. The molecule has 0 spiro atoms. The van der Waals surface area contributed by atoms with Crippen molar-refractivity contribution in [2.75, 3.05) is 7.11 Å². The Labute approximate surface area is 155 Å². The first-order chi connectivity index (χ1) is 13.1. The molecule has 3 nitrogen and oxygen atoms in total. The molecule has 134 valence electrons. The zero-order valence-corrected chi connectivity index (χ0v) is 14.9. The maximum atomic E-state index is 14.1. The van der Waals surface area contributed by atoms with Gasteiger partial charge in [-0.3, -0.25) is 4.79 Å². The van der Waals surface area contributed by atoms with Crippen LogP contribution in [-0.2, 0) is 6.54 Å². The topological polar surface area (TPSA) is 31.2 Å². The second-order valence-corrected chi connectivity index (χ2v) is 6.33. The van der Waals surface area contributed by atoms with Gasteiger partial charge in [0.25, 0.3) is 0 Å². The normalized spacial score (nSPS) is 11.0. The van der Waals surface area contributed by atoms with Gasteiger partial charge in [0.1, 0.15) is 0 Å². The highest BCUT2D eigenvalue weighted by molar-refractivity contribution is 5.95. The number of pyridine rings is 1. The number of ether oxygens (including phenoxy) is 1. The molecule has 0 amide bonds. The van der Waals surface area contributed by atoms with Crippen molar-refractivity contribution < 1.29 is 9.13 Å². The summed E-state index contributed by atoms with van der Waals surface area (Å²) in [4.78, 5) is 13.1. The van der Waals surface area contributed by atoms with E-state index < -0.39 is 5.82 Å². The van der Waals surface area contributed by atoms with Crippen LogP contribution in [-0.4, -0.2) is 11.7 Å². The van der Waals surface area contributed by atoms with Gasteiger partial charge in [-0.2, -0.15) is 0 Å². The maximum Gasteiger partial charge on any atom is 0.197 e. The average molecular weight is 359 g/mol. The van der Waals surface area contributed by atoms with Gasteiger partial charge in [0.05, 0.1) is 18.1 Å². The minimum absolute atomic E-state index is 0.0308. The molecule has 1 aromatic heterocycles. The first-order valence-corrected chi connectivity index (χ1v) is 8.64. The summed E-state index contributed by atoms with van der Waals surface area (Å²) < 4.78 is 21.1. The van der Waals surface area contributed by atoms with E-state index in [1.807, 2.05) is 48.5 Å². The molecule has 4 aromatic rings. The van der Waals surface area contributed by atoms with Crippen molar-refractivity contribution in [2.24, 2.45) is 0 Å². The van der Waals surface area contributed by atoms with E-state index in [1.54, 1.807) is 12.1 Å². The molecule has 0 saturated carbocycles. The van der Waals surface area contributed by atoms with Crippen LogP contribution in [0, 0.1) is 5.82 Å². The van der Waals surface area contributed by atoms with Crippen LogP contribution in [0.25, 0.3) is 32.9 Å². The van der Waals surface area contributed by atoms with Crippen LogP contribution in [0.3, 0.4) is 0 Å².